The van der Waals surface area contributed by atoms with Crippen molar-refractivity contribution in [3.8, 4) is 0 Å². The van der Waals surface area contributed by atoms with Gasteiger partial charge in [0, 0.05) is 30.4 Å². The standard InChI is InChI=1S/C23H21ClFN5OS/c1-23(2)11-26-9-13-8-14(6-7-16(13)23)28-22-27-10-15-20(29-22)32-12-30(21(15)31)19-17(24)4-3-5-18(19)25/h3-8,10,26H,9,11-12H2,1-2H3,(H,27,28,29). The highest BCUT2D eigenvalue weighted by Gasteiger charge is 2.31. The normalized spacial score (nSPS) is 17.0. The van der Waals surface area contributed by atoms with Crippen LogP contribution in [0.2, 0.25) is 5.02 Å². The maximum atomic E-state index is 14.3. The molecule has 2 aliphatic heterocycles. The second-order valence-electron chi connectivity index (χ2n) is 8.47. The lowest BCUT2D eigenvalue weighted by Gasteiger charge is -2.33. The first-order chi connectivity index (χ1) is 15.3. The molecule has 32 heavy (non-hydrogen) atoms. The lowest BCUT2D eigenvalue weighted by Crippen LogP contribution is -2.38. The highest BCUT2D eigenvalue weighted by molar-refractivity contribution is 7.99. The average Bonchev–Trinajstić information content (AvgIpc) is 2.75. The van der Waals surface area contributed by atoms with Crippen LogP contribution >= 0.6 is 23.4 Å². The Hall–Kier alpha value is -2.68. The van der Waals surface area contributed by atoms with Gasteiger partial charge in [0.1, 0.15) is 10.8 Å². The number of nitrogens with zero attached hydrogens (tertiary/aromatic N) is 3. The Labute approximate surface area is 194 Å². The highest BCUT2D eigenvalue weighted by atomic mass is 35.5. The van der Waals surface area contributed by atoms with Crippen molar-refractivity contribution in [1.82, 2.24) is 15.3 Å². The van der Waals surface area contributed by atoms with Crippen LogP contribution in [0.3, 0.4) is 0 Å². The van der Waals surface area contributed by atoms with E-state index in [2.05, 4.69) is 46.6 Å². The van der Waals surface area contributed by atoms with E-state index in [0.29, 0.717) is 16.5 Å². The van der Waals surface area contributed by atoms with E-state index in [4.69, 9.17) is 11.6 Å². The molecule has 3 heterocycles. The van der Waals surface area contributed by atoms with Crippen molar-refractivity contribution < 1.29 is 9.18 Å². The topological polar surface area (TPSA) is 70.2 Å². The maximum Gasteiger partial charge on any atom is 0.263 e. The third-order valence-electron chi connectivity index (χ3n) is 5.74. The number of benzene rings is 2. The smallest absolute Gasteiger partial charge is 0.263 e. The third-order valence-corrected chi connectivity index (χ3v) is 7.02. The van der Waals surface area contributed by atoms with Crippen molar-refractivity contribution in [1.29, 1.82) is 0 Å². The van der Waals surface area contributed by atoms with E-state index in [1.165, 1.54) is 46.1 Å². The molecule has 5 rings (SSSR count). The molecule has 0 aliphatic carbocycles. The first-order valence-electron chi connectivity index (χ1n) is 10.2. The number of hydrogen-bond acceptors (Lipinski definition) is 6. The summed E-state index contributed by atoms with van der Waals surface area (Å²) in [5.74, 6) is -0.300. The molecule has 1 amide bonds. The quantitative estimate of drug-likeness (QED) is 0.520. The third kappa shape index (κ3) is 3.72. The van der Waals surface area contributed by atoms with Gasteiger partial charge >= 0.3 is 0 Å². The largest absolute Gasteiger partial charge is 0.324 e. The molecule has 6 nitrogen and oxygen atoms in total. The summed E-state index contributed by atoms with van der Waals surface area (Å²) in [5.41, 5.74) is 3.94. The van der Waals surface area contributed by atoms with Crippen molar-refractivity contribution in [3.05, 3.63) is 70.1 Å². The van der Waals surface area contributed by atoms with E-state index in [0.717, 1.165) is 18.8 Å². The van der Waals surface area contributed by atoms with Gasteiger partial charge in [-0.25, -0.2) is 14.4 Å². The molecule has 0 atom stereocenters. The maximum absolute atomic E-state index is 14.3. The minimum Gasteiger partial charge on any atom is -0.324 e. The molecule has 0 unspecified atom stereocenters. The minimum atomic E-state index is -0.542. The van der Waals surface area contributed by atoms with E-state index in [-0.39, 0.29) is 27.9 Å². The van der Waals surface area contributed by atoms with Crippen molar-refractivity contribution in [3.63, 3.8) is 0 Å². The Bertz CT molecular complexity index is 1210. The van der Waals surface area contributed by atoms with Crippen LogP contribution < -0.4 is 15.5 Å². The molecule has 0 fully saturated rings. The van der Waals surface area contributed by atoms with Gasteiger partial charge in [-0.2, -0.15) is 0 Å². The van der Waals surface area contributed by atoms with E-state index in [9.17, 15) is 9.18 Å². The van der Waals surface area contributed by atoms with Crippen LogP contribution in [0.1, 0.15) is 35.3 Å². The Kier molecular flexibility index (Phi) is 5.31. The second-order valence-corrected chi connectivity index (χ2v) is 9.81. The van der Waals surface area contributed by atoms with E-state index < -0.39 is 5.82 Å². The summed E-state index contributed by atoms with van der Waals surface area (Å²) in [6.45, 7) is 6.21. The van der Waals surface area contributed by atoms with Crippen LogP contribution in [0.15, 0.2) is 47.6 Å². The molecule has 1 aromatic heterocycles. The molecule has 9 heteroatoms. The molecule has 0 saturated carbocycles. The number of hydrogen-bond donors (Lipinski definition) is 2. The number of thioether (sulfide) groups is 1. The molecule has 2 aliphatic rings. The van der Waals surface area contributed by atoms with Crippen LogP contribution in [0.25, 0.3) is 0 Å². The number of carbonyl (C=O) groups excluding carboxylic acids is 1. The van der Waals surface area contributed by atoms with Crippen LogP contribution in [-0.4, -0.2) is 28.3 Å². The van der Waals surface area contributed by atoms with E-state index in [1.807, 2.05) is 6.07 Å². The average molecular weight is 470 g/mol. The number of nitrogens with one attached hydrogen (secondary N) is 2. The van der Waals surface area contributed by atoms with Crippen LogP contribution in [0, 0.1) is 5.82 Å². The summed E-state index contributed by atoms with van der Waals surface area (Å²) >= 11 is 7.49. The number of rotatable bonds is 3. The summed E-state index contributed by atoms with van der Waals surface area (Å²) in [5, 5.41) is 7.43. The molecule has 3 aromatic rings. The second kappa shape index (κ2) is 8.03. The molecule has 2 aromatic carbocycles. The fourth-order valence-corrected chi connectivity index (χ4v) is 5.35. The number of para-hydroxylation sites is 1. The predicted molar refractivity (Wildman–Crippen MR) is 125 cm³/mol. The van der Waals surface area contributed by atoms with Crippen LogP contribution in [0.4, 0.5) is 21.7 Å². The SMILES string of the molecule is CC1(C)CNCc2cc(Nc3ncc4c(n3)SCN(c3c(F)cccc3Cl)C4=O)ccc21. The Balaban J connectivity index is 1.40. The summed E-state index contributed by atoms with van der Waals surface area (Å²) < 4.78 is 14.3. The van der Waals surface area contributed by atoms with Gasteiger partial charge in [0.2, 0.25) is 5.95 Å². The monoisotopic (exact) mass is 469 g/mol. The van der Waals surface area contributed by atoms with Crippen molar-refractivity contribution in [2.45, 2.75) is 30.8 Å². The Morgan fingerprint density at radius 1 is 1.28 bits per heavy atom. The molecule has 0 bridgehead atoms. The van der Waals surface area contributed by atoms with Crippen molar-refractivity contribution in [2.24, 2.45) is 0 Å². The van der Waals surface area contributed by atoms with Gasteiger partial charge in [-0.15, -0.1) is 0 Å². The molecule has 0 saturated heterocycles. The van der Waals surface area contributed by atoms with Gasteiger partial charge < -0.3 is 10.6 Å². The fourth-order valence-electron chi connectivity index (χ4n) is 4.14. The summed E-state index contributed by atoms with van der Waals surface area (Å²) in [4.78, 5) is 23.2. The zero-order valence-corrected chi connectivity index (χ0v) is 19.1. The first kappa shape index (κ1) is 21.2. The predicted octanol–water partition coefficient (Wildman–Crippen LogP) is 5.10. The highest BCUT2D eigenvalue weighted by Crippen LogP contribution is 2.37. The number of halogens is 2. The number of anilines is 3. The van der Waals surface area contributed by atoms with Crippen LogP contribution in [-0.2, 0) is 12.0 Å². The summed E-state index contributed by atoms with van der Waals surface area (Å²) in [7, 11) is 0. The fraction of sp³-hybridized carbons (Fsp3) is 0.261. The van der Waals surface area contributed by atoms with Crippen molar-refractivity contribution >= 4 is 46.6 Å². The Morgan fingerprint density at radius 2 is 2.12 bits per heavy atom. The van der Waals surface area contributed by atoms with Crippen molar-refractivity contribution in [2.75, 3.05) is 22.6 Å². The zero-order chi connectivity index (χ0) is 22.5. The van der Waals surface area contributed by atoms with E-state index in [1.54, 1.807) is 6.07 Å². The van der Waals surface area contributed by atoms with E-state index >= 15 is 0 Å². The van der Waals surface area contributed by atoms with Gasteiger partial charge in [-0.05, 0) is 35.4 Å². The lowest BCUT2D eigenvalue weighted by molar-refractivity contribution is 0.0985. The van der Waals surface area contributed by atoms with Gasteiger partial charge in [-0.3, -0.25) is 9.69 Å². The first-order valence-corrected chi connectivity index (χ1v) is 11.6. The van der Waals surface area contributed by atoms with Crippen LogP contribution in [0.5, 0.6) is 0 Å². The number of fused-ring (bicyclic) bond motifs is 2. The van der Waals surface area contributed by atoms with Gasteiger partial charge in [-0.1, -0.05) is 49.3 Å². The molecule has 2 N–H and O–H groups in total. The molecule has 0 radical (unpaired) electrons. The van der Waals surface area contributed by atoms with Gasteiger partial charge in [0.15, 0.2) is 0 Å². The van der Waals surface area contributed by atoms with Gasteiger partial charge in [0.05, 0.1) is 22.2 Å². The Morgan fingerprint density at radius 3 is 2.94 bits per heavy atom. The lowest BCUT2D eigenvalue weighted by atomic mass is 9.79. The minimum absolute atomic E-state index is 0.0742. The summed E-state index contributed by atoms with van der Waals surface area (Å²) in [6.07, 6.45) is 1.48. The number of carbonyl (C=O) groups is 1. The zero-order valence-electron chi connectivity index (χ0n) is 17.6. The number of amides is 1. The molecular weight excluding hydrogens is 449 g/mol. The number of aromatic nitrogens is 2. The summed E-state index contributed by atoms with van der Waals surface area (Å²) in [6, 6.07) is 10.6. The molecule has 0 spiro atoms. The van der Waals surface area contributed by atoms with Gasteiger partial charge in [0.25, 0.3) is 5.91 Å². The molecule has 164 valence electrons. The molecular formula is C23H21ClFN5OS.